The molecule has 1 N–H and O–H groups in total. The Hall–Kier alpha value is -0.505. The number of nitrogens with one attached hydrogen (secondary N) is 1. The van der Waals surface area contributed by atoms with Crippen LogP contribution in [0.25, 0.3) is 0 Å². The van der Waals surface area contributed by atoms with Gasteiger partial charge in [-0.3, -0.25) is 4.70 Å². The summed E-state index contributed by atoms with van der Waals surface area (Å²) in [4.78, 5) is 0. The van der Waals surface area contributed by atoms with E-state index in [1.54, 1.807) is 0 Å². The van der Waals surface area contributed by atoms with Crippen molar-refractivity contribution in [1.82, 2.24) is 5.32 Å². The highest BCUT2D eigenvalue weighted by molar-refractivity contribution is 9.11. The predicted molar refractivity (Wildman–Crippen MR) is 50.9 cm³/mol. The fourth-order valence-corrected chi connectivity index (χ4v) is 0.720. The lowest BCUT2D eigenvalue weighted by Gasteiger charge is -1.90. The van der Waals surface area contributed by atoms with E-state index in [2.05, 4.69) is 21.2 Å². The van der Waals surface area contributed by atoms with E-state index in [0.29, 0.717) is 0 Å². The molecule has 0 aromatic rings. The maximum Gasteiger partial charge on any atom is 0.0819 e. The Labute approximate surface area is 70.0 Å². The fourth-order valence-electron chi connectivity index (χ4n) is 0.436. The Morgan fingerprint density at radius 3 is 2.60 bits per heavy atom. The molecule has 0 aromatic heterocycles. The molecular formula is C6H10BBrFN. The number of hydrogen-bond donors (Lipinski definition) is 1. The topological polar surface area (TPSA) is 12.0 Å². The van der Waals surface area contributed by atoms with Crippen molar-refractivity contribution >= 4 is 24.3 Å². The molecule has 4 heteroatoms. The first-order valence-corrected chi connectivity index (χ1v) is 3.14. The Kier molecular flexibility index (Phi) is 8.07. The van der Waals surface area contributed by atoms with Crippen molar-refractivity contribution < 1.29 is 4.70 Å². The van der Waals surface area contributed by atoms with Gasteiger partial charge >= 0.3 is 0 Å². The molecule has 0 spiro atoms. The average Bonchev–Trinajstić information content (AvgIpc) is 1.94. The largest absolute Gasteiger partial charge is 0.356 e. The zero-order valence-corrected chi connectivity index (χ0v) is 6.26. The third-order valence-corrected chi connectivity index (χ3v) is 1.28. The van der Waals surface area contributed by atoms with Gasteiger partial charge < -0.3 is 5.32 Å². The van der Waals surface area contributed by atoms with Gasteiger partial charge in [-0.2, -0.15) is 0 Å². The van der Waals surface area contributed by atoms with Crippen molar-refractivity contribution in [3.8, 4) is 0 Å². The lowest BCUT2D eigenvalue weighted by atomic mass is 10.5. The van der Waals surface area contributed by atoms with Crippen LogP contribution in [0.15, 0.2) is 35.1 Å². The molecule has 0 radical (unpaired) electrons. The van der Waals surface area contributed by atoms with Crippen molar-refractivity contribution in [3.63, 3.8) is 0 Å². The number of rotatable bonds is 0. The smallest absolute Gasteiger partial charge is 0.0819 e. The van der Waals surface area contributed by atoms with Crippen LogP contribution in [0.1, 0.15) is 0 Å². The van der Waals surface area contributed by atoms with Gasteiger partial charge in [-0.1, -0.05) is 12.2 Å². The molecular weight excluding hydrogens is 196 g/mol. The van der Waals surface area contributed by atoms with Crippen molar-refractivity contribution in [2.45, 2.75) is 0 Å². The molecule has 0 saturated heterocycles. The van der Waals surface area contributed by atoms with Gasteiger partial charge in [-0.05, 0) is 28.1 Å². The van der Waals surface area contributed by atoms with Gasteiger partial charge in [0, 0.05) is 6.20 Å². The maximum absolute atomic E-state index is 3.29. The normalized spacial score (nSPS) is 13.5. The summed E-state index contributed by atoms with van der Waals surface area (Å²) in [5.41, 5.74) is 0. The van der Waals surface area contributed by atoms with Crippen LogP contribution < -0.4 is 5.32 Å². The van der Waals surface area contributed by atoms with E-state index in [-0.39, 0.29) is 13.1 Å². The zero-order chi connectivity index (χ0) is 5.82. The maximum atomic E-state index is 3.29. The second-order valence-electron chi connectivity index (χ2n) is 1.40. The summed E-state index contributed by atoms with van der Waals surface area (Å²) in [6.45, 7) is 0. The number of hydrogen-bond acceptors (Lipinski definition) is 1. The Bertz CT molecular complexity index is 165. The van der Waals surface area contributed by atoms with E-state index in [4.69, 9.17) is 0 Å². The molecule has 56 valence electrons. The Balaban J connectivity index is 0. The van der Waals surface area contributed by atoms with E-state index in [9.17, 15) is 0 Å². The van der Waals surface area contributed by atoms with E-state index in [1.165, 1.54) is 0 Å². The molecule has 1 rings (SSSR count). The molecule has 0 aliphatic carbocycles. The standard InChI is InChI=1S/C6H6BrN.BH3.FH/c7-6-4-2-1-3-5-8-6;;/h1-5,8H;1H3;1H. The van der Waals surface area contributed by atoms with Gasteiger partial charge in [0.05, 0.1) is 13.0 Å². The second kappa shape index (κ2) is 6.61. The molecule has 0 aromatic carbocycles. The number of halogens is 2. The third kappa shape index (κ3) is 4.38. The molecule has 1 aliphatic rings. The summed E-state index contributed by atoms with van der Waals surface area (Å²) >= 11 is 3.29. The van der Waals surface area contributed by atoms with Gasteiger partial charge in [0.25, 0.3) is 0 Å². The molecule has 0 atom stereocenters. The zero-order valence-electron chi connectivity index (χ0n) is 4.67. The molecule has 10 heavy (non-hydrogen) atoms. The first kappa shape index (κ1) is 12.2. The quantitative estimate of drug-likeness (QED) is 0.457. The third-order valence-electron chi connectivity index (χ3n) is 0.782. The summed E-state index contributed by atoms with van der Waals surface area (Å²) in [6, 6.07) is 0. The van der Waals surface area contributed by atoms with Crippen molar-refractivity contribution in [2.75, 3.05) is 0 Å². The Morgan fingerprint density at radius 1 is 1.20 bits per heavy atom. The summed E-state index contributed by atoms with van der Waals surface area (Å²) in [7, 11) is 0. The lowest BCUT2D eigenvalue weighted by molar-refractivity contribution is 1.11. The average molecular weight is 206 g/mol. The van der Waals surface area contributed by atoms with Gasteiger partial charge in [0.2, 0.25) is 0 Å². The van der Waals surface area contributed by atoms with Crippen LogP contribution in [0.3, 0.4) is 0 Å². The molecule has 0 unspecified atom stereocenters. The number of allylic oxidation sites excluding steroid dienone is 4. The highest BCUT2D eigenvalue weighted by Crippen LogP contribution is 2.01. The molecule has 0 amide bonds. The SMILES string of the molecule is B.BrC1=CC=CC=CN1.F. The van der Waals surface area contributed by atoms with Gasteiger partial charge in [0.15, 0.2) is 0 Å². The molecule has 1 heterocycles. The molecule has 0 fully saturated rings. The van der Waals surface area contributed by atoms with Crippen LogP contribution >= 0.6 is 15.9 Å². The molecule has 1 aliphatic heterocycles. The molecule has 0 saturated carbocycles. The highest BCUT2D eigenvalue weighted by atomic mass is 79.9. The monoisotopic (exact) mass is 205 g/mol. The fraction of sp³-hybridized carbons (Fsp3) is 0. The molecule has 0 bridgehead atoms. The van der Waals surface area contributed by atoms with Crippen LogP contribution in [0.5, 0.6) is 0 Å². The van der Waals surface area contributed by atoms with Crippen molar-refractivity contribution in [3.05, 3.63) is 35.1 Å². The van der Waals surface area contributed by atoms with E-state index in [1.807, 2.05) is 30.5 Å². The minimum Gasteiger partial charge on any atom is -0.356 e. The lowest BCUT2D eigenvalue weighted by Crippen LogP contribution is -1.95. The first-order valence-electron chi connectivity index (χ1n) is 2.35. The minimum absolute atomic E-state index is 0. The van der Waals surface area contributed by atoms with E-state index in [0.717, 1.165) is 4.61 Å². The predicted octanol–water partition coefficient (Wildman–Crippen LogP) is 0.864. The summed E-state index contributed by atoms with van der Waals surface area (Å²) in [5, 5.41) is 2.98. The summed E-state index contributed by atoms with van der Waals surface area (Å²) in [6.07, 6.45) is 9.66. The van der Waals surface area contributed by atoms with Crippen LogP contribution in [0, 0.1) is 0 Å². The van der Waals surface area contributed by atoms with E-state index >= 15 is 0 Å². The van der Waals surface area contributed by atoms with Gasteiger partial charge in [-0.15, -0.1) is 0 Å². The minimum atomic E-state index is 0. The van der Waals surface area contributed by atoms with Crippen LogP contribution in [0.4, 0.5) is 4.70 Å². The highest BCUT2D eigenvalue weighted by Gasteiger charge is 1.82. The van der Waals surface area contributed by atoms with Crippen LogP contribution in [-0.4, -0.2) is 8.41 Å². The van der Waals surface area contributed by atoms with Gasteiger partial charge in [-0.25, -0.2) is 0 Å². The van der Waals surface area contributed by atoms with Crippen LogP contribution in [0.2, 0.25) is 0 Å². The Morgan fingerprint density at radius 2 is 1.90 bits per heavy atom. The first-order chi connectivity index (χ1) is 3.89. The second-order valence-corrected chi connectivity index (χ2v) is 2.26. The summed E-state index contributed by atoms with van der Waals surface area (Å²) < 4.78 is 0.988. The van der Waals surface area contributed by atoms with Crippen molar-refractivity contribution in [2.24, 2.45) is 0 Å². The van der Waals surface area contributed by atoms with Crippen molar-refractivity contribution in [1.29, 1.82) is 0 Å². The molecule has 1 nitrogen and oxygen atoms in total. The van der Waals surface area contributed by atoms with E-state index < -0.39 is 0 Å². The van der Waals surface area contributed by atoms with Crippen LogP contribution in [-0.2, 0) is 0 Å². The summed E-state index contributed by atoms with van der Waals surface area (Å²) in [5.74, 6) is 0. The van der Waals surface area contributed by atoms with Gasteiger partial charge in [0.1, 0.15) is 0 Å².